The molecule has 0 aromatic carbocycles. The third-order valence-electron chi connectivity index (χ3n) is 2.21. The highest BCUT2D eigenvalue weighted by Gasteiger charge is 2.15. The second-order valence-electron chi connectivity index (χ2n) is 3.13. The number of nitrogens with two attached hydrogens (primary N) is 1. The van der Waals surface area contributed by atoms with Gasteiger partial charge in [0.2, 0.25) is 0 Å². The summed E-state index contributed by atoms with van der Waals surface area (Å²) < 4.78 is 0.793. The van der Waals surface area contributed by atoms with Crippen LogP contribution in [0.2, 0.25) is 0 Å². The molecule has 1 aromatic rings. The number of aromatic nitrogens is 2. The summed E-state index contributed by atoms with van der Waals surface area (Å²) in [5, 5.41) is 3.29. The van der Waals surface area contributed by atoms with Crippen molar-refractivity contribution < 1.29 is 0 Å². The van der Waals surface area contributed by atoms with Gasteiger partial charge in [0, 0.05) is 26.2 Å². The maximum absolute atomic E-state index is 5.69. The van der Waals surface area contributed by atoms with Crippen molar-refractivity contribution >= 4 is 27.6 Å². The van der Waals surface area contributed by atoms with Crippen LogP contribution in [0.25, 0.3) is 0 Å². The Labute approximate surface area is 90.8 Å². The molecule has 1 aliphatic rings. The van der Waals surface area contributed by atoms with Gasteiger partial charge in [-0.25, -0.2) is 9.97 Å². The van der Waals surface area contributed by atoms with E-state index in [0.717, 1.165) is 36.5 Å². The maximum Gasteiger partial charge on any atom is 0.148 e. The lowest BCUT2D eigenvalue weighted by Gasteiger charge is -2.29. The standard InChI is InChI=1S/C8H12BrN5/c9-6-7(10)12-5-13-8(6)14-3-1-11-2-4-14/h5,11H,1-4H2,(H2,10,12,13). The molecule has 0 spiro atoms. The Bertz CT molecular complexity index is 324. The number of hydrogen-bond acceptors (Lipinski definition) is 5. The molecule has 2 rings (SSSR count). The van der Waals surface area contributed by atoms with Gasteiger partial charge in [0.1, 0.15) is 22.4 Å². The number of rotatable bonds is 1. The molecule has 5 nitrogen and oxygen atoms in total. The fourth-order valence-corrected chi connectivity index (χ4v) is 1.93. The van der Waals surface area contributed by atoms with Crippen LogP contribution in [-0.2, 0) is 0 Å². The quantitative estimate of drug-likeness (QED) is 0.754. The van der Waals surface area contributed by atoms with Crippen molar-refractivity contribution in [3.8, 4) is 0 Å². The minimum absolute atomic E-state index is 0.494. The van der Waals surface area contributed by atoms with E-state index >= 15 is 0 Å². The van der Waals surface area contributed by atoms with E-state index in [0.29, 0.717) is 5.82 Å². The van der Waals surface area contributed by atoms with Crippen molar-refractivity contribution in [3.63, 3.8) is 0 Å². The van der Waals surface area contributed by atoms with Crippen LogP contribution in [0, 0.1) is 0 Å². The summed E-state index contributed by atoms with van der Waals surface area (Å²) in [6, 6.07) is 0. The summed E-state index contributed by atoms with van der Waals surface area (Å²) in [5.74, 6) is 1.38. The zero-order valence-corrected chi connectivity index (χ0v) is 9.29. The summed E-state index contributed by atoms with van der Waals surface area (Å²) >= 11 is 3.40. The molecule has 6 heteroatoms. The van der Waals surface area contributed by atoms with Crippen LogP contribution in [0.3, 0.4) is 0 Å². The number of halogens is 1. The molecule has 1 saturated heterocycles. The van der Waals surface area contributed by atoms with Crippen molar-refractivity contribution in [1.82, 2.24) is 15.3 Å². The summed E-state index contributed by atoms with van der Waals surface area (Å²) in [4.78, 5) is 10.3. The van der Waals surface area contributed by atoms with Crippen molar-refractivity contribution in [2.24, 2.45) is 0 Å². The molecular weight excluding hydrogens is 246 g/mol. The third-order valence-corrected chi connectivity index (χ3v) is 2.98. The molecule has 3 N–H and O–H groups in total. The predicted molar refractivity (Wildman–Crippen MR) is 59.2 cm³/mol. The van der Waals surface area contributed by atoms with Crippen LogP contribution in [0.1, 0.15) is 0 Å². The number of anilines is 2. The van der Waals surface area contributed by atoms with Crippen LogP contribution in [0.4, 0.5) is 11.6 Å². The molecule has 1 fully saturated rings. The van der Waals surface area contributed by atoms with E-state index in [1.54, 1.807) is 0 Å². The second-order valence-corrected chi connectivity index (χ2v) is 3.93. The zero-order valence-electron chi connectivity index (χ0n) is 7.70. The van der Waals surface area contributed by atoms with Crippen LogP contribution in [0.15, 0.2) is 10.8 Å². The molecule has 2 heterocycles. The Morgan fingerprint density at radius 3 is 2.79 bits per heavy atom. The van der Waals surface area contributed by atoms with Crippen molar-refractivity contribution in [2.75, 3.05) is 36.8 Å². The minimum Gasteiger partial charge on any atom is -0.383 e. The predicted octanol–water partition coefficient (Wildman–Crippen LogP) is 0.231. The highest BCUT2D eigenvalue weighted by atomic mass is 79.9. The van der Waals surface area contributed by atoms with Gasteiger partial charge in [0.25, 0.3) is 0 Å². The van der Waals surface area contributed by atoms with E-state index in [4.69, 9.17) is 5.73 Å². The summed E-state index contributed by atoms with van der Waals surface area (Å²) in [5.41, 5.74) is 5.69. The van der Waals surface area contributed by atoms with Crippen molar-refractivity contribution in [2.45, 2.75) is 0 Å². The summed E-state index contributed by atoms with van der Waals surface area (Å²) in [6.07, 6.45) is 1.50. The molecule has 0 aliphatic carbocycles. The van der Waals surface area contributed by atoms with Gasteiger partial charge in [-0.1, -0.05) is 0 Å². The van der Waals surface area contributed by atoms with Crippen LogP contribution in [0.5, 0.6) is 0 Å². The molecule has 0 radical (unpaired) electrons. The normalized spacial score (nSPS) is 17.1. The Balaban J connectivity index is 2.26. The van der Waals surface area contributed by atoms with Gasteiger partial charge in [0.05, 0.1) is 0 Å². The van der Waals surface area contributed by atoms with Crippen molar-refractivity contribution in [1.29, 1.82) is 0 Å². The molecular formula is C8H12BrN5. The SMILES string of the molecule is Nc1ncnc(N2CCNCC2)c1Br. The first-order chi connectivity index (χ1) is 6.79. The summed E-state index contributed by atoms with van der Waals surface area (Å²) in [7, 11) is 0. The fourth-order valence-electron chi connectivity index (χ4n) is 1.47. The fraction of sp³-hybridized carbons (Fsp3) is 0.500. The first kappa shape index (κ1) is 9.67. The molecule has 0 bridgehead atoms. The minimum atomic E-state index is 0.494. The number of nitrogens with zero attached hydrogens (tertiary/aromatic N) is 3. The van der Waals surface area contributed by atoms with Crippen LogP contribution in [-0.4, -0.2) is 36.1 Å². The monoisotopic (exact) mass is 257 g/mol. The molecule has 14 heavy (non-hydrogen) atoms. The van der Waals surface area contributed by atoms with Crippen molar-refractivity contribution in [3.05, 3.63) is 10.8 Å². The van der Waals surface area contributed by atoms with Gasteiger partial charge in [-0.3, -0.25) is 0 Å². The van der Waals surface area contributed by atoms with Gasteiger partial charge in [0.15, 0.2) is 0 Å². The van der Waals surface area contributed by atoms with Gasteiger partial charge in [-0.05, 0) is 15.9 Å². The molecule has 1 aromatic heterocycles. The van der Waals surface area contributed by atoms with Crippen LogP contribution >= 0.6 is 15.9 Å². The topological polar surface area (TPSA) is 67.1 Å². The number of nitrogen functional groups attached to an aromatic ring is 1. The highest BCUT2D eigenvalue weighted by Crippen LogP contribution is 2.27. The van der Waals surface area contributed by atoms with E-state index < -0.39 is 0 Å². The average molecular weight is 258 g/mol. The lowest BCUT2D eigenvalue weighted by Crippen LogP contribution is -2.44. The van der Waals surface area contributed by atoms with Gasteiger partial charge >= 0.3 is 0 Å². The van der Waals surface area contributed by atoms with E-state index in [9.17, 15) is 0 Å². The first-order valence-electron chi connectivity index (χ1n) is 4.50. The molecule has 76 valence electrons. The molecule has 0 unspecified atom stereocenters. The van der Waals surface area contributed by atoms with Gasteiger partial charge in [-0.15, -0.1) is 0 Å². The van der Waals surface area contributed by atoms with E-state index in [1.807, 2.05) is 0 Å². The van der Waals surface area contributed by atoms with E-state index in [2.05, 4.69) is 36.1 Å². The highest BCUT2D eigenvalue weighted by molar-refractivity contribution is 9.10. The molecule has 0 amide bonds. The zero-order chi connectivity index (χ0) is 9.97. The number of piperazine rings is 1. The maximum atomic E-state index is 5.69. The Kier molecular flexibility index (Phi) is 2.83. The number of nitrogens with one attached hydrogen (secondary N) is 1. The van der Waals surface area contributed by atoms with E-state index in [1.165, 1.54) is 6.33 Å². The smallest absolute Gasteiger partial charge is 0.148 e. The molecule has 1 aliphatic heterocycles. The van der Waals surface area contributed by atoms with Gasteiger partial charge in [-0.2, -0.15) is 0 Å². The number of hydrogen-bond donors (Lipinski definition) is 2. The Morgan fingerprint density at radius 1 is 1.36 bits per heavy atom. The van der Waals surface area contributed by atoms with Gasteiger partial charge < -0.3 is 16.0 Å². The second kappa shape index (κ2) is 4.10. The summed E-state index contributed by atoms with van der Waals surface area (Å²) in [6.45, 7) is 3.87. The lowest BCUT2D eigenvalue weighted by molar-refractivity contribution is 0.584. The average Bonchev–Trinajstić information content (AvgIpc) is 2.23. The third kappa shape index (κ3) is 1.80. The van der Waals surface area contributed by atoms with Crippen LogP contribution < -0.4 is 16.0 Å². The molecule has 0 saturated carbocycles. The Morgan fingerprint density at radius 2 is 2.07 bits per heavy atom. The largest absolute Gasteiger partial charge is 0.383 e. The molecule has 0 atom stereocenters. The Hall–Kier alpha value is -0.880. The lowest BCUT2D eigenvalue weighted by atomic mass is 10.3. The van der Waals surface area contributed by atoms with E-state index in [-0.39, 0.29) is 0 Å². The first-order valence-corrected chi connectivity index (χ1v) is 5.30.